The van der Waals surface area contributed by atoms with Crippen molar-refractivity contribution in [2.24, 2.45) is 5.92 Å². The Morgan fingerprint density at radius 1 is 1.19 bits per heavy atom. The van der Waals surface area contributed by atoms with E-state index in [1.54, 1.807) is 0 Å². The monoisotopic (exact) mass is 375 g/mol. The zero-order valence-corrected chi connectivity index (χ0v) is 16.5. The van der Waals surface area contributed by atoms with Gasteiger partial charge in [0, 0.05) is 50.7 Å². The lowest BCUT2D eigenvalue weighted by Gasteiger charge is -2.43. The van der Waals surface area contributed by atoms with Crippen molar-refractivity contribution in [2.75, 3.05) is 52.5 Å². The summed E-state index contributed by atoms with van der Waals surface area (Å²) in [5.74, 6) is 1.61. The Hall–Kier alpha value is -1.44. The number of nitrogens with zero attached hydrogens (tertiary/aromatic N) is 4. The number of hydrogen-bond donors (Lipinski definition) is 1. The number of H-pyrrole nitrogens is 1. The number of nitrogens with one attached hydrogen (secondary N) is 1. The Kier molecular flexibility index (Phi) is 6.10. The van der Waals surface area contributed by atoms with Crippen LogP contribution in [-0.4, -0.2) is 89.1 Å². The number of aromatic nitrogens is 2. The van der Waals surface area contributed by atoms with Gasteiger partial charge in [-0.1, -0.05) is 0 Å². The summed E-state index contributed by atoms with van der Waals surface area (Å²) in [6, 6.07) is 0.625. The van der Waals surface area contributed by atoms with Crippen molar-refractivity contribution in [1.82, 2.24) is 24.7 Å². The first-order valence-corrected chi connectivity index (χ1v) is 10.5. The van der Waals surface area contributed by atoms with Gasteiger partial charge in [0.15, 0.2) is 0 Å². The fourth-order valence-electron chi connectivity index (χ4n) is 4.78. The van der Waals surface area contributed by atoms with Crippen molar-refractivity contribution in [1.29, 1.82) is 0 Å². The molecule has 0 bridgehead atoms. The van der Waals surface area contributed by atoms with E-state index in [1.807, 2.05) is 18.0 Å². The Bertz CT molecular complexity index is 620. The highest BCUT2D eigenvalue weighted by molar-refractivity contribution is 5.79. The first-order valence-electron chi connectivity index (χ1n) is 10.5. The summed E-state index contributed by atoms with van der Waals surface area (Å²) in [6.45, 7) is 10.2. The third-order valence-electron chi connectivity index (χ3n) is 6.33. The number of morpholine rings is 1. The highest BCUT2D eigenvalue weighted by Gasteiger charge is 2.33. The van der Waals surface area contributed by atoms with Gasteiger partial charge in [-0.25, -0.2) is 4.98 Å². The minimum absolute atomic E-state index is 0.181. The molecule has 1 amide bonds. The molecule has 1 unspecified atom stereocenters. The highest BCUT2D eigenvalue weighted by atomic mass is 16.5. The minimum atomic E-state index is 0.181. The second-order valence-electron chi connectivity index (χ2n) is 8.29. The fourth-order valence-corrected chi connectivity index (χ4v) is 4.78. The number of carbonyl (C=O) groups excluding carboxylic acids is 1. The molecule has 0 radical (unpaired) electrons. The van der Waals surface area contributed by atoms with Crippen LogP contribution in [0.2, 0.25) is 0 Å². The van der Waals surface area contributed by atoms with E-state index in [2.05, 4.69) is 19.8 Å². The van der Waals surface area contributed by atoms with E-state index in [4.69, 9.17) is 4.74 Å². The van der Waals surface area contributed by atoms with Gasteiger partial charge < -0.3 is 14.6 Å². The van der Waals surface area contributed by atoms with Gasteiger partial charge in [0.25, 0.3) is 0 Å². The molecule has 3 aliphatic rings. The molecule has 1 aromatic heterocycles. The van der Waals surface area contributed by atoms with Crippen molar-refractivity contribution in [3.63, 3.8) is 0 Å². The van der Waals surface area contributed by atoms with Crippen molar-refractivity contribution < 1.29 is 9.53 Å². The molecule has 27 heavy (non-hydrogen) atoms. The number of piperidine rings is 2. The van der Waals surface area contributed by atoms with E-state index in [0.29, 0.717) is 25.2 Å². The molecule has 1 aromatic rings. The molecule has 0 spiro atoms. The number of amides is 1. The maximum Gasteiger partial charge on any atom is 0.227 e. The summed E-state index contributed by atoms with van der Waals surface area (Å²) in [4.78, 5) is 27.7. The number of aromatic amines is 1. The number of rotatable bonds is 4. The van der Waals surface area contributed by atoms with Crippen molar-refractivity contribution in [3.8, 4) is 0 Å². The largest absolute Gasteiger partial charge is 0.378 e. The summed E-state index contributed by atoms with van der Waals surface area (Å²) in [5.41, 5.74) is 1.13. The molecule has 4 heterocycles. The lowest BCUT2D eigenvalue weighted by molar-refractivity contribution is -0.142. The molecule has 3 fully saturated rings. The number of aryl methyl sites for hydroxylation is 1. The normalized spacial score (nSPS) is 26.4. The molecule has 150 valence electrons. The van der Waals surface area contributed by atoms with E-state index in [0.717, 1.165) is 70.2 Å². The summed E-state index contributed by atoms with van der Waals surface area (Å²) >= 11 is 0. The molecular weight excluding hydrogens is 342 g/mol. The second-order valence-corrected chi connectivity index (χ2v) is 8.29. The van der Waals surface area contributed by atoms with Gasteiger partial charge in [-0.15, -0.1) is 0 Å². The first kappa shape index (κ1) is 18.9. The van der Waals surface area contributed by atoms with Gasteiger partial charge >= 0.3 is 0 Å². The van der Waals surface area contributed by atoms with Crippen LogP contribution in [0.4, 0.5) is 0 Å². The van der Waals surface area contributed by atoms with Crippen molar-refractivity contribution in [3.05, 3.63) is 17.7 Å². The summed E-state index contributed by atoms with van der Waals surface area (Å²) in [5, 5.41) is 0. The van der Waals surface area contributed by atoms with Crippen LogP contribution in [0.1, 0.15) is 37.2 Å². The fraction of sp³-hybridized carbons (Fsp3) is 0.800. The third-order valence-corrected chi connectivity index (χ3v) is 6.33. The average molecular weight is 376 g/mol. The Morgan fingerprint density at radius 3 is 2.67 bits per heavy atom. The smallest absolute Gasteiger partial charge is 0.227 e. The first-order chi connectivity index (χ1) is 13.2. The average Bonchev–Trinajstić information content (AvgIpc) is 3.13. The van der Waals surface area contributed by atoms with Gasteiger partial charge in [0.1, 0.15) is 5.82 Å². The predicted molar refractivity (Wildman–Crippen MR) is 103 cm³/mol. The summed E-state index contributed by atoms with van der Waals surface area (Å²) in [7, 11) is 0. The summed E-state index contributed by atoms with van der Waals surface area (Å²) in [6.07, 6.45) is 6.48. The highest BCUT2D eigenvalue weighted by Crippen LogP contribution is 2.25. The minimum Gasteiger partial charge on any atom is -0.378 e. The number of likely N-dealkylation sites (tertiary alicyclic amines) is 2. The maximum atomic E-state index is 12.9. The van der Waals surface area contributed by atoms with E-state index in [-0.39, 0.29) is 5.92 Å². The van der Waals surface area contributed by atoms with Crippen LogP contribution >= 0.6 is 0 Å². The topological polar surface area (TPSA) is 64.7 Å². The molecule has 1 atom stereocenters. The Labute approximate surface area is 162 Å². The van der Waals surface area contributed by atoms with E-state index >= 15 is 0 Å². The van der Waals surface area contributed by atoms with Crippen LogP contribution in [0, 0.1) is 12.8 Å². The molecule has 3 saturated heterocycles. The molecule has 0 saturated carbocycles. The zero-order chi connectivity index (χ0) is 18.6. The molecule has 7 nitrogen and oxygen atoms in total. The van der Waals surface area contributed by atoms with Gasteiger partial charge in [-0.2, -0.15) is 0 Å². The Morgan fingerprint density at radius 2 is 1.96 bits per heavy atom. The number of ether oxygens (including phenoxy) is 1. The molecule has 3 aliphatic heterocycles. The third kappa shape index (κ3) is 4.70. The van der Waals surface area contributed by atoms with Crippen LogP contribution in [-0.2, 0) is 16.1 Å². The second kappa shape index (κ2) is 8.71. The van der Waals surface area contributed by atoms with Crippen molar-refractivity contribution >= 4 is 5.91 Å². The molecule has 0 aliphatic carbocycles. The molecule has 7 heteroatoms. The van der Waals surface area contributed by atoms with Gasteiger partial charge in [-0.3, -0.25) is 14.6 Å². The molecule has 4 rings (SSSR count). The van der Waals surface area contributed by atoms with Gasteiger partial charge in [0.2, 0.25) is 5.91 Å². The SMILES string of the molecule is Cc1cnc(CN2CCC(N3CCCC(C(=O)N4CCOCC4)C3)CC2)[nH]1. The number of hydrogen-bond acceptors (Lipinski definition) is 5. The molecule has 0 aromatic carbocycles. The quantitative estimate of drug-likeness (QED) is 0.858. The van der Waals surface area contributed by atoms with Crippen LogP contribution < -0.4 is 0 Å². The number of carbonyl (C=O) groups is 1. The zero-order valence-electron chi connectivity index (χ0n) is 16.5. The molecular formula is C20H33N5O2. The van der Waals surface area contributed by atoms with Gasteiger partial charge in [-0.05, 0) is 39.2 Å². The standard InChI is InChI=1S/C20H33N5O2/c1-16-13-21-19(22-16)15-23-7-4-18(5-8-23)25-6-2-3-17(14-25)20(26)24-9-11-27-12-10-24/h13,17-18H,2-12,14-15H2,1H3,(H,21,22). The van der Waals surface area contributed by atoms with Gasteiger partial charge in [0.05, 0.1) is 25.7 Å². The Balaban J connectivity index is 1.26. The number of imidazole rings is 1. The van der Waals surface area contributed by atoms with Crippen LogP contribution in [0.3, 0.4) is 0 Å². The van der Waals surface area contributed by atoms with Crippen molar-refractivity contribution in [2.45, 2.75) is 45.2 Å². The van der Waals surface area contributed by atoms with E-state index < -0.39 is 0 Å². The lowest BCUT2D eigenvalue weighted by Crippen LogP contribution is -2.52. The lowest BCUT2D eigenvalue weighted by atomic mass is 9.92. The van der Waals surface area contributed by atoms with Crippen LogP contribution in [0.5, 0.6) is 0 Å². The van der Waals surface area contributed by atoms with E-state index in [9.17, 15) is 4.79 Å². The predicted octanol–water partition coefficient (Wildman–Crippen LogP) is 1.25. The van der Waals surface area contributed by atoms with Crippen LogP contribution in [0.25, 0.3) is 0 Å². The maximum absolute atomic E-state index is 12.9. The van der Waals surface area contributed by atoms with Crippen LogP contribution in [0.15, 0.2) is 6.20 Å². The summed E-state index contributed by atoms with van der Waals surface area (Å²) < 4.78 is 5.39. The van der Waals surface area contributed by atoms with E-state index in [1.165, 1.54) is 12.8 Å². The molecule has 1 N–H and O–H groups in total.